The number of piperidine rings is 1. The predicted molar refractivity (Wildman–Crippen MR) is 151 cm³/mol. The Morgan fingerprint density at radius 3 is 2.65 bits per heavy atom. The molecule has 0 radical (unpaired) electrons. The van der Waals surface area contributed by atoms with Crippen LogP contribution in [-0.4, -0.2) is 93.6 Å². The lowest BCUT2D eigenvalue weighted by Crippen LogP contribution is -2.46. The molecule has 2 fully saturated rings. The Hall–Kier alpha value is -3.44. The summed E-state index contributed by atoms with van der Waals surface area (Å²) in [7, 11) is 1.55. The summed E-state index contributed by atoms with van der Waals surface area (Å²) < 4.78 is 18.5. The number of rotatable bonds is 5. The monoisotopic (exact) mass is 552 g/mol. The molecule has 0 aliphatic carbocycles. The Bertz CT molecular complexity index is 1370. The van der Waals surface area contributed by atoms with Crippen molar-refractivity contribution in [3.63, 3.8) is 0 Å². The minimum absolute atomic E-state index is 0.0488. The van der Waals surface area contributed by atoms with Gasteiger partial charge in [-0.15, -0.1) is 0 Å². The number of nitrogens with zero attached hydrogens (tertiary/aromatic N) is 6. The molecule has 2 saturated heterocycles. The summed E-state index contributed by atoms with van der Waals surface area (Å²) in [5, 5.41) is 15.3. The van der Waals surface area contributed by atoms with Crippen LogP contribution in [0.1, 0.15) is 57.6 Å². The Balaban J connectivity index is 1.44. The number of fused-ring (bicyclic) bond motifs is 1. The summed E-state index contributed by atoms with van der Waals surface area (Å²) in [4.78, 5) is 25.8. The maximum atomic E-state index is 12.8. The number of anilines is 1. The molecule has 1 amide bonds. The Morgan fingerprint density at radius 2 is 1.95 bits per heavy atom. The number of aromatic nitrogens is 4. The van der Waals surface area contributed by atoms with E-state index in [1.54, 1.807) is 7.11 Å². The number of carbonyl (C=O) groups excluding carboxylic acids is 1. The number of hydrogen-bond donors (Lipinski definition) is 1. The molecule has 2 aromatic heterocycles. The van der Waals surface area contributed by atoms with Gasteiger partial charge in [0.2, 0.25) is 0 Å². The molecule has 11 heteroatoms. The summed E-state index contributed by atoms with van der Waals surface area (Å²) in [6.45, 7) is 12.2. The zero-order valence-electron chi connectivity index (χ0n) is 24.3. The molecule has 4 heterocycles. The highest BCUT2D eigenvalue weighted by Crippen LogP contribution is 2.36. The number of amides is 1. The first-order chi connectivity index (χ1) is 19.1. The molecule has 2 aliphatic rings. The number of ether oxygens (including phenoxy) is 3. The van der Waals surface area contributed by atoms with E-state index >= 15 is 0 Å². The second-order valence-corrected chi connectivity index (χ2v) is 11.8. The van der Waals surface area contributed by atoms with Gasteiger partial charge in [-0.3, -0.25) is 0 Å². The van der Waals surface area contributed by atoms with Gasteiger partial charge in [-0.1, -0.05) is 0 Å². The summed E-state index contributed by atoms with van der Waals surface area (Å²) in [5.74, 6) is 1.61. The molecule has 3 aromatic rings. The summed E-state index contributed by atoms with van der Waals surface area (Å²) in [5.41, 5.74) is 2.90. The molecule has 3 atom stereocenters. The second kappa shape index (κ2) is 11.2. The zero-order chi connectivity index (χ0) is 28.6. The molecule has 40 heavy (non-hydrogen) atoms. The van der Waals surface area contributed by atoms with Gasteiger partial charge in [0.25, 0.3) is 0 Å². The lowest BCUT2D eigenvalue weighted by atomic mass is 9.83. The summed E-state index contributed by atoms with van der Waals surface area (Å²) in [6, 6.07) is 6.60. The minimum atomic E-state index is -0.514. The first-order valence-corrected chi connectivity index (χ1v) is 13.9. The van der Waals surface area contributed by atoms with Gasteiger partial charge >= 0.3 is 12.1 Å². The van der Waals surface area contributed by atoms with Gasteiger partial charge in [0.1, 0.15) is 11.4 Å². The molecule has 1 N–H and O–H groups in total. The molecule has 5 rings (SSSR count). The third kappa shape index (κ3) is 5.85. The average Bonchev–Trinajstić information content (AvgIpc) is 3.33. The number of aliphatic hydroxyl groups is 1. The van der Waals surface area contributed by atoms with E-state index in [0.717, 1.165) is 23.7 Å². The van der Waals surface area contributed by atoms with Crippen LogP contribution in [0.25, 0.3) is 16.7 Å². The Labute approximate surface area is 235 Å². The number of methoxy groups -OCH3 is 1. The van der Waals surface area contributed by atoms with Crippen LogP contribution >= 0.6 is 0 Å². The third-order valence-electron chi connectivity index (χ3n) is 7.64. The standard InChI is InChI=1S/C29H40N6O5/c1-18-11-21-15-30-35(26-14-25(31-27(32-26)38-6)33-9-10-39-22(16-33)17-36)24(21)13-23(18)20-7-8-34(19(2)12-20)28(37)40-29(3,4)5/h11,13-15,19-20,22,36H,7-10,12,16-17H2,1-6H3/t19?,20?,22-/m1/s1. The topological polar surface area (TPSA) is 115 Å². The van der Waals surface area contributed by atoms with Crippen molar-refractivity contribution in [1.82, 2.24) is 24.6 Å². The average molecular weight is 553 g/mol. The van der Waals surface area contributed by atoms with Crippen molar-refractivity contribution in [3.05, 3.63) is 35.5 Å². The van der Waals surface area contributed by atoms with Crippen LogP contribution in [0, 0.1) is 6.92 Å². The van der Waals surface area contributed by atoms with Gasteiger partial charge in [-0.2, -0.15) is 15.1 Å². The molecule has 0 spiro atoms. The number of likely N-dealkylation sites (tertiary alicyclic amines) is 1. The van der Waals surface area contributed by atoms with Crippen molar-refractivity contribution in [1.29, 1.82) is 0 Å². The smallest absolute Gasteiger partial charge is 0.410 e. The maximum Gasteiger partial charge on any atom is 0.410 e. The second-order valence-electron chi connectivity index (χ2n) is 11.8. The van der Waals surface area contributed by atoms with Crippen molar-refractivity contribution < 1.29 is 24.1 Å². The normalized spacial score (nSPS) is 22.0. The number of aryl methyl sites for hydroxylation is 1. The van der Waals surface area contributed by atoms with E-state index in [2.05, 4.69) is 45.9 Å². The zero-order valence-corrected chi connectivity index (χ0v) is 24.3. The number of hydrogen-bond acceptors (Lipinski definition) is 9. The van der Waals surface area contributed by atoms with Crippen molar-refractivity contribution in [2.75, 3.05) is 44.9 Å². The molecular weight excluding hydrogens is 512 g/mol. The van der Waals surface area contributed by atoms with E-state index in [0.29, 0.717) is 43.8 Å². The van der Waals surface area contributed by atoms with Crippen LogP contribution in [0.4, 0.5) is 10.6 Å². The molecule has 2 unspecified atom stereocenters. The number of aliphatic hydroxyl groups excluding tert-OH is 1. The fourth-order valence-corrected chi connectivity index (χ4v) is 5.67. The molecule has 2 aliphatic heterocycles. The predicted octanol–water partition coefficient (Wildman–Crippen LogP) is 3.83. The van der Waals surface area contributed by atoms with Crippen molar-refractivity contribution in [2.45, 2.75) is 71.1 Å². The third-order valence-corrected chi connectivity index (χ3v) is 7.64. The van der Waals surface area contributed by atoms with Crippen LogP contribution in [0.5, 0.6) is 6.01 Å². The fraction of sp³-hybridized carbons (Fsp3) is 0.586. The number of carbonyl (C=O) groups is 1. The van der Waals surface area contributed by atoms with Crippen molar-refractivity contribution in [2.24, 2.45) is 0 Å². The van der Waals surface area contributed by atoms with E-state index in [1.807, 2.05) is 42.6 Å². The van der Waals surface area contributed by atoms with Gasteiger partial charge in [-0.05, 0) is 76.6 Å². The largest absolute Gasteiger partial charge is 0.467 e. The molecule has 0 bridgehead atoms. The molecular formula is C29H40N6O5. The highest BCUT2D eigenvalue weighted by atomic mass is 16.6. The van der Waals surface area contributed by atoms with E-state index in [9.17, 15) is 9.90 Å². The molecule has 0 saturated carbocycles. The lowest BCUT2D eigenvalue weighted by molar-refractivity contribution is 0.00333. The molecule has 216 valence electrons. The highest BCUT2D eigenvalue weighted by molar-refractivity contribution is 5.82. The van der Waals surface area contributed by atoms with Crippen LogP contribution in [0.2, 0.25) is 0 Å². The Kier molecular flexibility index (Phi) is 7.87. The van der Waals surface area contributed by atoms with Gasteiger partial charge in [-0.25, -0.2) is 9.48 Å². The van der Waals surface area contributed by atoms with E-state index in [-0.39, 0.29) is 30.9 Å². The maximum absolute atomic E-state index is 12.8. The van der Waals surface area contributed by atoms with Gasteiger partial charge in [0.15, 0.2) is 5.82 Å². The summed E-state index contributed by atoms with van der Waals surface area (Å²) in [6.07, 6.45) is 3.05. The van der Waals surface area contributed by atoms with Gasteiger partial charge in [0, 0.05) is 37.1 Å². The van der Waals surface area contributed by atoms with Crippen LogP contribution in [0.3, 0.4) is 0 Å². The number of morpholine rings is 1. The highest BCUT2D eigenvalue weighted by Gasteiger charge is 2.33. The van der Waals surface area contributed by atoms with Gasteiger partial charge in [0.05, 0.1) is 38.1 Å². The van der Waals surface area contributed by atoms with Crippen LogP contribution < -0.4 is 9.64 Å². The minimum Gasteiger partial charge on any atom is -0.467 e. The van der Waals surface area contributed by atoms with Crippen LogP contribution in [0.15, 0.2) is 24.4 Å². The Morgan fingerprint density at radius 1 is 1.18 bits per heavy atom. The summed E-state index contributed by atoms with van der Waals surface area (Å²) >= 11 is 0. The quantitative estimate of drug-likeness (QED) is 0.504. The first-order valence-electron chi connectivity index (χ1n) is 13.9. The molecule has 1 aromatic carbocycles. The lowest BCUT2D eigenvalue weighted by Gasteiger charge is -2.39. The van der Waals surface area contributed by atoms with Crippen LogP contribution in [-0.2, 0) is 9.47 Å². The van der Waals surface area contributed by atoms with Crippen molar-refractivity contribution >= 4 is 22.8 Å². The fourth-order valence-electron chi connectivity index (χ4n) is 5.67. The van der Waals surface area contributed by atoms with E-state index in [4.69, 9.17) is 14.2 Å². The van der Waals surface area contributed by atoms with Gasteiger partial charge < -0.3 is 29.1 Å². The van der Waals surface area contributed by atoms with Crippen molar-refractivity contribution in [3.8, 4) is 11.8 Å². The van der Waals surface area contributed by atoms with E-state index < -0.39 is 5.60 Å². The number of benzene rings is 1. The van der Waals surface area contributed by atoms with E-state index in [1.165, 1.54) is 11.1 Å². The molecule has 11 nitrogen and oxygen atoms in total. The first kappa shape index (κ1) is 28.1. The SMILES string of the molecule is COc1nc(N2CCO[C@@H](CO)C2)cc(-n2ncc3cc(C)c(C4CCN(C(=O)OC(C)(C)C)C(C)C4)cc32)n1.